The molecule has 1 atom stereocenters. The van der Waals surface area contributed by atoms with E-state index in [-0.39, 0.29) is 6.10 Å². The number of allylic oxidation sites excluding steroid dienone is 1. The van der Waals surface area contributed by atoms with Gasteiger partial charge in [0.25, 0.3) is 0 Å². The Morgan fingerprint density at radius 1 is 1.50 bits per heavy atom. The summed E-state index contributed by atoms with van der Waals surface area (Å²) in [6.45, 7) is 5.61. The van der Waals surface area contributed by atoms with Crippen LogP contribution in [-0.4, -0.2) is 11.2 Å². The minimum atomic E-state index is -0.367. The molecule has 0 rings (SSSR count). The standard InChI is InChI=1S/C9H16O/c1-3-5-6-7-8-9(10)4-2/h4,6-7,9-10H,2-3,5,8H2,1H3/b7-6-/t9-/m1/s1. The van der Waals surface area contributed by atoms with Crippen LogP contribution in [0.3, 0.4) is 0 Å². The maximum Gasteiger partial charge on any atom is 0.0752 e. The Kier molecular flexibility index (Phi) is 6.19. The van der Waals surface area contributed by atoms with E-state index < -0.39 is 0 Å². The molecular formula is C9H16O. The first-order valence-electron chi connectivity index (χ1n) is 3.76. The third kappa shape index (κ3) is 5.57. The van der Waals surface area contributed by atoms with Crippen LogP contribution in [0.5, 0.6) is 0 Å². The Morgan fingerprint density at radius 3 is 2.70 bits per heavy atom. The predicted molar refractivity (Wildman–Crippen MR) is 44.9 cm³/mol. The molecule has 0 aliphatic rings. The van der Waals surface area contributed by atoms with Crippen molar-refractivity contribution in [1.82, 2.24) is 0 Å². The number of hydrogen-bond donors (Lipinski definition) is 1. The Balaban J connectivity index is 3.24. The molecule has 0 saturated carbocycles. The van der Waals surface area contributed by atoms with Crippen LogP contribution >= 0.6 is 0 Å². The van der Waals surface area contributed by atoms with Crippen LogP contribution in [0.25, 0.3) is 0 Å². The fourth-order valence-corrected chi connectivity index (χ4v) is 0.616. The minimum absolute atomic E-state index is 0.367. The van der Waals surface area contributed by atoms with Gasteiger partial charge in [0.15, 0.2) is 0 Å². The van der Waals surface area contributed by atoms with Gasteiger partial charge in [-0.05, 0) is 12.8 Å². The second-order valence-electron chi connectivity index (χ2n) is 2.30. The lowest BCUT2D eigenvalue weighted by atomic mass is 10.2. The van der Waals surface area contributed by atoms with E-state index in [4.69, 9.17) is 5.11 Å². The molecule has 0 aromatic rings. The van der Waals surface area contributed by atoms with Gasteiger partial charge in [-0.15, -0.1) is 6.58 Å². The molecule has 1 heteroatoms. The summed E-state index contributed by atoms with van der Waals surface area (Å²) >= 11 is 0. The molecule has 0 bridgehead atoms. The summed E-state index contributed by atoms with van der Waals surface area (Å²) in [4.78, 5) is 0. The van der Waals surface area contributed by atoms with Gasteiger partial charge in [0.1, 0.15) is 0 Å². The maximum atomic E-state index is 8.99. The van der Waals surface area contributed by atoms with Crippen LogP contribution in [0.4, 0.5) is 0 Å². The molecular weight excluding hydrogens is 124 g/mol. The first-order valence-corrected chi connectivity index (χ1v) is 3.76. The lowest BCUT2D eigenvalue weighted by Crippen LogP contribution is -1.97. The molecule has 0 radical (unpaired) electrons. The number of rotatable bonds is 5. The van der Waals surface area contributed by atoms with E-state index in [0.29, 0.717) is 6.42 Å². The molecule has 1 N–H and O–H groups in total. The average molecular weight is 140 g/mol. The van der Waals surface area contributed by atoms with Crippen molar-refractivity contribution in [1.29, 1.82) is 0 Å². The minimum Gasteiger partial charge on any atom is -0.389 e. The number of hydrogen-bond acceptors (Lipinski definition) is 1. The van der Waals surface area contributed by atoms with Crippen molar-refractivity contribution < 1.29 is 5.11 Å². The highest BCUT2D eigenvalue weighted by atomic mass is 16.3. The molecule has 0 aromatic heterocycles. The van der Waals surface area contributed by atoms with E-state index in [1.165, 1.54) is 6.42 Å². The highest BCUT2D eigenvalue weighted by Crippen LogP contribution is 1.96. The molecule has 0 aliphatic carbocycles. The Hall–Kier alpha value is -0.560. The van der Waals surface area contributed by atoms with Crippen molar-refractivity contribution in [2.75, 3.05) is 0 Å². The summed E-state index contributed by atoms with van der Waals surface area (Å²) < 4.78 is 0. The van der Waals surface area contributed by atoms with Crippen LogP contribution in [0.1, 0.15) is 26.2 Å². The third-order valence-electron chi connectivity index (χ3n) is 1.27. The Bertz CT molecular complexity index is 105. The van der Waals surface area contributed by atoms with Crippen molar-refractivity contribution >= 4 is 0 Å². The number of aliphatic hydroxyl groups excluding tert-OH is 1. The topological polar surface area (TPSA) is 20.2 Å². The van der Waals surface area contributed by atoms with Gasteiger partial charge in [0.05, 0.1) is 6.10 Å². The molecule has 10 heavy (non-hydrogen) atoms. The first-order chi connectivity index (χ1) is 4.81. The van der Waals surface area contributed by atoms with Crippen molar-refractivity contribution in [2.45, 2.75) is 32.3 Å². The summed E-state index contributed by atoms with van der Waals surface area (Å²) in [5, 5.41) is 8.99. The number of aliphatic hydroxyl groups is 1. The van der Waals surface area contributed by atoms with Crippen LogP contribution in [0.2, 0.25) is 0 Å². The van der Waals surface area contributed by atoms with E-state index in [9.17, 15) is 0 Å². The van der Waals surface area contributed by atoms with Gasteiger partial charge in [0.2, 0.25) is 0 Å². The zero-order valence-corrected chi connectivity index (χ0v) is 6.59. The fourth-order valence-electron chi connectivity index (χ4n) is 0.616. The molecule has 0 unspecified atom stereocenters. The van der Waals surface area contributed by atoms with Crippen LogP contribution in [-0.2, 0) is 0 Å². The lowest BCUT2D eigenvalue weighted by Gasteiger charge is -1.97. The van der Waals surface area contributed by atoms with Crippen molar-refractivity contribution in [2.24, 2.45) is 0 Å². The smallest absolute Gasteiger partial charge is 0.0752 e. The normalized spacial score (nSPS) is 13.8. The van der Waals surface area contributed by atoms with Crippen LogP contribution in [0, 0.1) is 0 Å². The molecule has 58 valence electrons. The molecule has 0 aliphatic heterocycles. The van der Waals surface area contributed by atoms with Gasteiger partial charge in [-0.1, -0.05) is 31.6 Å². The molecule has 0 heterocycles. The summed E-state index contributed by atoms with van der Waals surface area (Å²) in [7, 11) is 0. The first kappa shape index (κ1) is 9.44. The van der Waals surface area contributed by atoms with Gasteiger partial charge in [0, 0.05) is 0 Å². The largest absolute Gasteiger partial charge is 0.389 e. The van der Waals surface area contributed by atoms with Crippen LogP contribution in [0.15, 0.2) is 24.8 Å². The quantitative estimate of drug-likeness (QED) is 0.581. The SMILES string of the molecule is C=C[C@@H](O)C/C=C\CCC. The van der Waals surface area contributed by atoms with Gasteiger partial charge in [-0.2, -0.15) is 0 Å². The van der Waals surface area contributed by atoms with Crippen LogP contribution < -0.4 is 0 Å². The molecule has 0 spiro atoms. The molecule has 0 fully saturated rings. The Morgan fingerprint density at radius 2 is 2.20 bits per heavy atom. The molecule has 1 nitrogen and oxygen atoms in total. The average Bonchev–Trinajstić information content (AvgIpc) is 1.98. The van der Waals surface area contributed by atoms with Gasteiger partial charge < -0.3 is 5.11 Å². The second kappa shape index (κ2) is 6.56. The third-order valence-corrected chi connectivity index (χ3v) is 1.27. The highest BCUT2D eigenvalue weighted by molar-refractivity contribution is 4.89. The van der Waals surface area contributed by atoms with Gasteiger partial charge in [-0.25, -0.2) is 0 Å². The van der Waals surface area contributed by atoms with E-state index in [2.05, 4.69) is 19.6 Å². The van der Waals surface area contributed by atoms with Gasteiger partial charge >= 0.3 is 0 Å². The summed E-state index contributed by atoms with van der Waals surface area (Å²) in [5.74, 6) is 0. The van der Waals surface area contributed by atoms with Crippen molar-refractivity contribution in [3.8, 4) is 0 Å². The molecule has 0 saturated heterocycles. The van der Waals surface area contributed by atoms with E-state index in [1.54, 1.807) is 6.08 Å². The summed E-state index contributed by atoms with van der Waals surface area (Å²) in [5.41, 5.74) is 0. The Labute approximate surface area is 63.1 Å². The van der Waals surface area contributed by atoms with E-state index >= 15 is 0 Å². The van der Waals surface area contributed by atoms with Gasteiger partial charge in [-0.3, -0.25) is 0 Å². The fraction of sp³-hybridized carbons (Fsp3) is 0.556. The molecule has 0 aromatic carbocycles. The monoisotopic (exact) mass is 140 g/mol. The van der Waals surface area contributed by atoms with Crippen molar-refractivity contribution in [3.05, 3.63) is 24.8 Å². The lowest BCUT2D eigenvalue weighted by molar-refractivity contribution is 0.227. The molecule has 0 amide bonds. The summed E-state index contributed by atoms with van der Waals surface area (Å²) in [6.07, 6.45) is 8.24. The summed E-state index contributed by atoms with van der Waals surface area (Å²) in [6, 6.07) is 0. The maximum absolute atomic E-state index is 8.99. The zero-order chi connectivity index (χ0) is 7.82. The second-order valence-corrected chi connectivity index (χ2v) is 2.30. The highest BCUT2D eigenvalue weighted by Gasteiger charge is 1.90. The van der Waals surface area contributed by atoms with E-state index in [0.717, 1.165) is 6.42 Å². The van der Waals surface area contributed by atoms with E-state index in [1.807, 2.05) is 6.08 Å². The van der Waals surface area contributed by atoms with Crippen molar-refractivity contribution in [3.63, 3.8) is 0 Å². The number of unbranched alkanes of at least 4 members (excludes halogenated alkanes) is 1. The zero-order valence-electron chi connectivity index (χ0n) is 6.59. The predicted octanol–water partition coefficient (Wildman–Crippen LogP) is 2.28.